The predicted molar refractivity (Wildman–Crippen MR) is 72.9 cm³/mol. The maximum atomic E-state index is 12.0. The number of thiazole rings is 1. The van der Waals surface area contributed by atoms with Gasteiger partial charge in [-0.1, -0.05) is 6.92 Å². The van der Waals surface area contributed by atoms with E-state index in [2.05, 4.69) is 15.3 Å². The lowest BCUT2D eigenvalue weighted by Crippen LogP contribution is -2.27. The Morgan fingerprint density at radius 2 is 2.33 bits per heavy atom. The van der Waals surface area contributed by atoms with Crippen LogP contribution in [0.5, 0.6) is 0 Å². The van der Waals surface area contributed by atoms with Gasteiger partial charge in [0.2, 0.25) is 0 Å². The van der Waals surface area contributed by atoms with Crippen LogP contribution < -0.4 is 5.32 Å². The minimum atomic E-state index is -0.0900. The van der Waals surface area contributed by atoms with Gasteiger partial charge in [0.15, 0.2) is 0 Å². The van der Waals surface area contributed by atoms with E-state index in [9.17, 15) is 4.79 Å². The zero-order chi connectivity index (χ0) is 13.1. The summed E-state index contributed by atoms with van der Waals surface area (Å²) in [7, 11) is 0. The Labute approximate surface area is 110 Å². The zero-order valence-corrected chi connectivity index (χ0v) is 11.6. The van der Waals surface area contributed by atoms with Gasteiger partial charge in [-0.25, -0.2) is 4.98 Å². The minimum Gasteiger partial charge on any atom is -0.354 e. The smallest absolute Gasteiger partial charge is 0.268 e. The standard InChI is InChI=1S/C13H17N3OS/c1-4-10-5-6-11(16-10)13(17)14-8(2)12-7-18-9(3)15-12/h5-8,16H,4H2,1-3H3,(H,14,17). The molecule has 4 nitrogen and oxygen atoms in total. The van der Waals surface area contributed by atoms with Crippen molar-refractivity contribution < 1.29 is 4.79 Å². The van der Waals surface area contributed by atoms with Crippen molar-refractivity contribution in [3.8, 4) is 0 Å². The molecular formula is C13H17N3OS. The van der Waals surface area contributed by atoms with Gasteiger partial charge in [0.05, 0.1) is 16.7 Å². The number of carbonyl (C=O) groups is 1. The maximum absolute atomic E-state index is 12.0. The molecule has 2 rings (SSSR count). The molecule has 0 fully saturated rings. The van der Waals surface area contributed by atoms with Gasteiger partial charge in [-0.2, -0.15) is 0 Å². The molecule has 0 aromatic carbocycles. The summed E-state index contributed by atoms with van der Waals surface area (Å²) in [6.07, 6.45) is 0.897. The van der Waals surface area contributed by atoms with Crippen LogP contribution in [-0.2, 0) is 6.42 Å². The normalized spacial score (nSPS) is 12.4. The molecule has 2 heterocycles. The number of hydrogen-bond acceptors (Lipinski definition) is 3. The van der Waals surface area contributed by atoms with Gasteiger partial charge in [0, 0.05) is 11.1 Å². The highest BCUT2D eigenvalue weighted by Crippen LogP contribution is 2.16. The van der Waals surface area contributed by atoms with Crippen LogP contribution in [0.25, 0.3) is 0 Å². The molecule has 1 atom stereocenters. The highest BCUT2D eigenvalue weighted by molar-refractivity contribution is 7.09. The van der Waals surface area contributed by atoms with Crippen LogP contribution in [0.15, 0.2) is 17.5 Å². The van der Waals surface area contributed by atoms with Crippen LogP contribution in [0.4, 0.5) is 0 Å². The second-order valence-electron chi connectivity index (χ2n) is 4.24. The van der Waals surface area contributed by atoms with E-state index < -0.39 is 0 Å². The largest absolute Gasteiger partial charge is 0.354 e. The molecule has 0 bridgehead atoms. The van der Waals surface area contributed by atoms with Crippen molar-refractivity contribution in [2.75, 3.05) is 0 Å². The van der Waals surface area contributed by atoms with E-state index in [1.165, 1.54) is 0 Å². The van der Waals surface area contributed by atoms with E-state index in [4.69, 9.17) is 0 Å². The number of aryl methyl sites for hydroxylation is 2. The van der Waals surface area contributed by atoms with Crippen LogP contribution in [0.3, 0.4) is 0 Å². The SMILES string of the molecule is CCc1ccc(C(=O)NC(C)c2csc(C)n2)[nH]1. The molecular weight excluding hydrogens is 246 g/mol. The van der Waals surface area contributed by atoms with Gasteiger partial charge >= 0.3 is 0 Å². The van der Waals surface area contributed by atoms with Gasteiger partial charge in [0.1, 0.15) is 5.69 Å². The number of aromatic amines is 1. The average Bonchev–Trinajstić information content (AvgIpc) is 2.97. The summed E-state index contributed by atoms with van der Waals surface area (Å²) in [6, 6.07) is 3.68. The van der Waals surface area contributed by atoms with Crippen molar-refractivity contribution in [2.24, 2.45) is 0 Å². The topological polar surface area (TPSA) is 57.8 Å². The van der Waals surface area contributed by atoms with Crippen molar-refractivity contribution in [1.29, 1.82) is 0 Å². The Kier molecular flexibility index (Phi) is 3.81. The molecule has 0 spiro atoms. The molecule has 0 aliphatic heterocycles. The maximum Gasteiger partial charge on any atom is 0.268 e. The van der Waals surface area contributed by atoms with E-state index >= 15 is 0 Å². The highest BCUT2D eigenvalue weighted by Gasteiger charge is 2.14. The fourth-order valence-corrected chi connectivity index (χ4v) is 2.41. The van der Waals surface area contributed by atoms with Crippen LogP contribution in [0, 0.1) is 6.92 Å². The number of rotatable bonds is 4. The fourth-order valence-electron chi connectivity index (χ4n) is 1.71. The number of amides is 1. The van der Waals surface area contributed by atoms with E-state index in [0.717, 1.165) is 22.8 Å². The summed E-state index contributed by atoms with van der Waals surface area (Å²) in [4.78, 5) is 19.5. The molecule has 96 valence electrons. The first-order chi connectivity index (χ1) is 8.60. The molecule has 1 amide bonds. The Hall–Kier alpha value is -1.62. The van der Waals surface area contributed by atoms with Crippen LogP contribution in [-0.4, -0.2) is 15.9 Å². The summed E-state index contributed by atoms with van der Waals surface area (Å²) in [5.41, 5.74) is 2.58. The molecule has 2 N–H and O–H groups in total. The lowest BCUT2D eigenvalue weighted by Gasteiger charge is -2.10. The lowest BCUT2D eigenvalue weighted by atomic mass is 10.2. The number of nitrogens with one attached hydrogen (secondary N) is 2. The Bertz CT molecular complexity index is 544. The third-order valence-electron chi connectivity index (χ3n) is 2.80. The highest BCUT2D eigenvalue weighted by atomic mass is 32.1. The molecule has 0 radical (unpaired) electrons. The molecule has 0 saturated carbocycles. The molecule has 5 heteroatoms. The summed E-state index contributed by atoms with van der Waals surface area (Å²) in [5.74, 6) is -0.0900. The second kappa shape index (κ2) is 5.35. The van der Waals surface area contributed by atoms with Gasteiger partial charge in [-0.05, 0) is 32.4 Å². The van der Waals surface area contributed by atoms with Crippen LogP contribution in [0.1, 0.15) is 46.8 Å². The van der Waals surface area contributed by atoms with Crippen molar-refractivity contribution in [1.82, 2.24) is 15.3 Å². The van der Waals surface area contributed by atoms with E-state index in [0.29, 0.717) is 5.69 Å². The second-order valence-corrected chi connectivity index (χ2v) is 5.30. The first kappa shape index (κ1) is 12.8. The van der Waals surface area contributed by atoms with Crippen molar-refractivity contribution in [3.05, 3.63) is 39.6 Å². The van der Waals surface area contributed by atoms with E-state index in [1.54, 1.807) is 11.3 Å². The Balaban J connectivity index is 2.02. The van der Waals surface area contributed by atoms with E-state index in [1.807, 2.05) is 38.3 Å². The summed E-state index contributed by atoms with van der Waals surface area (Å²) >= 11 is 1.59. The molecule has 2 aromatic heterocycles. The van der Waals surface area contributed by atoms with E-state index in [-0.39, 0.29) is 11.9 Å². The first-order valence-electron chi connectivity index (χ1n) is 6.01. The summed E-state index contributed by atoms with van der Waals surface area (Å²) < 4.78 is 0. The quantitative estimate of drug-likeness (QED) is 0.891. The van der Waals surface area contributed by atoms with Crippen molar-refractivity contribution in [3.63, 3.8) is 0 Å². The van der Waals surface area contributed by atoms with Crippen molar-refractivity contribution >= 4 is 17.2 Å². The average molecular weight is 263 g/mol. The number of H-pyrrole nitrogens is 1. The molecule has 2 aromatic rings. The molecule has 0 aliphatic rings. The predicted octanol–water partition coefficient (Wildman–Crippen LogP) is 2.83. The van der Waals surface area contributed by atoms with Crippen molar-refractivity contribution in [2.45, 2.75) is 33.2 Å². The summed E-state index contributed by atoms with van der Waals surface area (Å²) in [5, 5.41) is 5.93. The number of nitrogens with zero attached hydrogens (tertiary/aromatic N) is 1. The minimum absolute atomic E-state index is 0.0733. The molecule has 0 saturated heterocycles. The fraction of sp³-hybridized carbons (Fsp3) is 0.385. The number of aromatic nitrogens is 2. The van der Waals surface area contributed by atoms with Gasteiger partial charge < -0.3 is 10.3 Å². The molecule has 1 unspecified atom stereocenters. The van der Waals surface area contributed by atoms with Gasteiger partial charge in [-0.15, -0.1) is 11.3 Å². The molecule has 0 aliphatic carbocycles. The molecule has 18 heavy (non-hydrogen) atoms. The van der Waals surface area contributed by atoms with Crippen LogP contribution >= 0.6 is 11.3 Å². The monoisotopic (exact) mass is 263 g/mol. The lowest BCUT2D eigenvalue weighted by molar-refractivity contribution is 0.0934. The Morgan fingerprint density at radius 3 is 2.89 bits per heavy atom. The number of carbonyl (C=O) groups excluding carboxylic acids is 1. The zero-order valence-electron chi connectivity index (χ0n) is 10.8. The Morgan fingerprint density at radius 1 is 1.56 bits per heavy atom. The number of hydrogen-bond donors (Lipinski definition) is 2. The third-order valence-corrected chi connectivity index (χ3v) is 3.59. The summed E-state index contributed by atoms with van der Waals surface area (Å²) in [6.45, 7) is 5.95. The van der Waals surface area contributed by atoms with Gasteiger partial charge in [-0.3, -0.25) is 4.79 Å². The van der Waals surface area contributed by atoms with Gasteiger partial charge in [0.25, 0.3) is 5.91 Å². The first-order valence-corrected chi connectivity index (χ1v) is 6.89. The third kappa shape index (κ3) is 2.79. The van der Waals surface area contributed by atoms with Crippen LogP contribution in [0.2, 0.25) is 0 Å².